The maximum absolute atomic E-state index is 12.3. The smallest absolute Gasteiger partial charge is 0.258 e. The number of fused-ring (bicyclic) bond motifs is 1. The highest BCUT2D eigenvalue weighted by molar-refractivity contribution is 6.06. The van der Waals surface area contributed by atoms with Crippen molar-refractivity contribution in [1.82, 2.24) is 15.5 Å². The number of aliphatic hydroxyl groups excluding tert-OH is 1. The lowest BCUT2D eigenvalue weighted by molar-refractivity contribution is 0.0936. The third-order valence-corrected chi connectivity index (χ3v) is 2.93. The van der Waals surface area contributed by atoms with Gasteiger partial charge in [0.2, 0.25) is 0 Å². The van der Waals surface area contributed by atoms with Crippen LogP contribution in [0.15, 0.2) is 10.6 Å². The Labute approximate surface area is 110 Å². The van der Waals surface area contributed by atoms with Crippen molar-refractivity contribution in [2.24, 2.45) is 0 Å². The number of amides is 1. The van der Waals surface area contributed by atoms with Gasteiger partial charge in [-0.25, -0.2) is 4.98 Å². The largest absolute Gasteiger partial charge is 0.396 e. The number of carbonyl (C=O) groups excluding carboxylic acids is 1. The van der Waals surface area contributed by atoms with Crippen LogP contribution < -0.4 is 5.32 Å². The van der Waals surface area contributed by atoms with Gasteiger partial charge in [0, 0.05) is 18.3 Å². The molecule has 6 nitrogen and oxygen atoms in total. The van der Waals surface area contributed by atoms with Crippen molar-refractivity contribution in [3.05, 3.63) is 23.0 Å². The minimum atomic E-state index is -0.206. The number of aromatic nitrogens is 2. The Balaban J connectivity index is 2.38. The van der Waals surface area contributed by atoms with Gasteiger partial charge in [-0.05, 0) is 33.3 Å². The Kier molecular flexibility index (Phi) is 3.80. The van der Waals surface area contributed by atoms with E-state index in [1.807, 2.05) is 6.92 Å². The Morgan fingerprint density at radius 1 is 1.53 bits per heavy atom. The summed E-state index contributed by atoms with van der Waals surface area (Å²) >= 11 is 0. The third-order valence-electron chi connectivity index (χ3n) is 2.93. The number of carbonyl (C=O) groups is 1. The van der Waals surface area contributed by atoms with Crippen molar-refractivity contribution in [2.45, 2.75) is 33.2 Å². The van der Waals surface area contributed by atoms with E-state index >= 15 is 0 Å². The highest BCUT2D eigenvalue weighted by Crippen LogP contribution is 2.21. The van der Waals surface area contributed by atoms with E-state index in [9.17, 15) is 4.79 Å². The number of nitrogens with one attached hydrogen (secondary N) is 1. The second kappa shape index (κ2) is 5.36. The van der Waals surface area contributed by atoms with E-state index in [2.05, 4.69) is 15.5 Å². The maximum atomic E-state index is 12.3. The van der Waals surface area contributed by atoms with Gasteiger partial charge in [-0.15, -0.1) is 0 Å². The van der Waals surface area contributed by atoms with E-state index in [4.69, 9.17) is 9.63 Å². The normalized spacial score (nSPS) is 12.6. The lowest BCUT2D eigenvalue weighted by atomic mass is 10.1. The van der Waals surface area contributed by atoms with E-state index in [-0.39, 0.29) is 18.6 Å². The second-order valence-corrected chi connectivity index (χ2v) is 4.65. The molecule has 0 aliphatic carbocycles. The van der Waals surface area contributed by atoms with Crippen LogP contribution in [-0.4, -0.2) is 33.8 Å². The van der Waals surface area contributed by atoms with Gasteiger partial charge in [-0.3, -0.25) is 4.79 Å². The van der Waals surface area contributed by atoms with Gasteiger partial charge in [0.05, 0.1) is 16.6 Å². The van der Waals surface area contributed by atoms with Crippen LogP contribution in [0, 0.1) is 13.8 Å². The number of hydrogen-bond donors (Lipinski definition) is 2. The maximum Gasteiger partial charge on any atom is 0.258 e. The molecule has 0 fully saturated rings. The first kappa shape index (κ1) is 13.5. The van der Waals surface area contributed by atoms with E-state index < -0.39 is 0 Å². The molecule has 6 heteroatoms. The van der Waals surface area contributed by atoms with Crippen LogP contribution in [0.3, 0.4) is 0 Å². The Bertz CT molecular complexity index is 606. The summed E-state index contributed by atoms with van der Waals surface area (Å²) in [5.41, 5.74) is 2.22. The summed E-state index contributed by atoms with van der Waals surface area (Å²) in [6.07, 6.45) is 0.515. The fourth-order valence-electron chi connectivity index (χ4n) is 1.96. The zero-order valence-corrected chi connectivity index (χ0v) is 11.2. The molecule has 1 atom stereocenters. The minimum Gasteiger partial charge on any atom is -0.396 e. The zero-order chi connectivity index (χ0) is 14.0. The van der Waals surface area contributed by atoms with Gasteiger partial charge >= 0.3 is 0 Å². The predicted molar refractivity (Wildman–Crippen MR) is 69.9 cm³/mol. The van der Waals surface area contributed by atoms with E-state index in [1.54, 1.807) is 19.9 Å². The van der Waals surface area contributed by atoms with E-state index in [0.717, 1.165) is 0 Å². The van der Waals surface area contributed by atoms with Crippen LogP contribution in [-0.2, 0) is 0 Å². The van der Waals surface area contributed by atoms with Crippen molar-refractivity contribution in [2.75, 3.05) is 6.61 Å². The first-order chi connectivity index (χ1) is 9.02. The molecule has 19 heavy (non-hydrogen) atoms. The van der Waals surface area contributed by atoms with Gasteiger partial charge in [0.1, 0.15) is 0 Å². The number of aliphatic hydroxyl groups is 1. The van der Waals surface area contributed by atoms with Crippen molar-refractivity contribution in [3.63, 3.8) is 0 Å². The van der Waals surface area contributed by atoms with Gasteiger partial charge in [-0.2, -0.15) is 0 Å². The van der Waals surface area contributed by atoms with Gasteiger partial charge in [-0.1, -0.05) is 5.16 Å². The summed E-state index contributed by atoms with van der Waals surface area (Å²) in [4.78, 5) is 16.5. The van der Waals surface area contributed by atoms with Crippen LogP contribution >= 0.6 is 0 Å². The quantitative estimate of drug-likeness (QED) is 0.869. The number of rotatable bonds is 4. The Morgan fingerprint density at radius 2 is 2.26 bits per heavy atom. The van der Waals surface area contributed by atoms with Gasteiger partial charge in [0.15, 0.2) is 0 Å². The molecule has 2 aromatic heterocycles. The molecule has 0 unspecified atom stereocenters. The molecule has 1 amide bonds. The van der Waals surface area contributed by atoms with Crippen LogP contribution in [0.5, 0.6) is 0 Å². The highest BCUT2D eigenvalue weighted by atomic mass is 16.5. The summed E-state index contributed by atoms with van der Waals surface area (Å²) in [6.45, 7) is 5.46. The topological polar surface area (TPSA) is 88.2 Å². The lowest BCUT2D eigenvalue weighted by Gasteiger charge is -2.13. The molecule has 0 radical (unpaired) electrons. The van der Waals surface area contributed by atoms with E-state index in [1.165, 1.54) is 0 Å². The molecular formula is C13H17N3O3. The predicted octanol–water partition coefficient (Wildman–Crippen LogP) is 1.34. The summed E-state index contributed by atoms with van der Waals surface area (Å²) in [7, 11) is 0. The molecule has 0 spiro atoms. The fraction of sp³-hybridized carbons (Fsp3) is 0.462. The SMILES string of the molecule is Cc1cc(C(=O)N[C@H](C)CCO)c2c(C)noc2n1. The van der Waals surface area contributed by atoms with Crippen molar-refractivity contribution in [1.29, 1.82) is 0 Å². The standard InChI is InChI=1S/C13H17N3O3/c1-7(4-5-17)14-12(18)10-6-8(2)15-13-11(10)9(3)16-19-13/h6-7,17H,4-5H2,1-3H3,(H,14,18)/t7-/m1/s1. The minimum absolute atomic E-state index is 0.0402. The molecule has 2 N–H and O–H groups in total. The second-order valence-electron chi connectivity index (χ2n) is 4.65. The molecule has 2 rings (SSSR count). The molecule has 0 saturated carbocycles. The number of hydrogen-bond acceptors (Lipinski definition) is 5. The average Bonchev–Trinajstić information content (AvgIpc) is 2.70. The van der Waals surface area contributed by atoms with Crippen LogP contribution in [0.2, 0.25) is 0 Å². The molecular weight excluding hydrogens is 246 g/mol. The molecule has 102 valence electrons. The third kappa shape index (κ3) is 2.73. The number of aryl methyl sites for hydroxylation is 2. The van der Waals surface area contributed by atoms with Crippen molar-refractivity contribution >= 4 is 17.0 Å². The first-order valence-corrected chi connectivity index (χ1v) is 6.18. The van der Waals surface area contributed by atoms with E-state index in [0.29, 0.717) is 34.5 Å². The monoisotopic (exact) mass is 263 g/mol. The summed E-state index contributed by atoms with van der Waals surface area (Å²) in [5, 5.41) is 16.2. The number of nitrogens with zero attached hydrogens (tertiary/aromatic N) is 2. The molecule has 0 aliphatic rings. The highest BCUT2D eigenvalue weighted by Gasteiger charge is 2.18. The van der Waals surface area contributed by atoms with Crippen LogP contribution in [0.25, 0.3) is 11.1 Å². The summed E-state index contributed by atoms with van der Waals surface area (Å²) < 4.78 is 5.09. The Hall–Kier alpha value is -1.95. The van der Waals surface area contributed by atoms with Crippen LogP contribution in [0.1, 0.15) is 35.1 Å². The van der Waals surface area contributed by atoms with Gasteiger partial charge in [0.25, 0.3) is 11.6 Å². The van der Waals surface area contributed by atoms with Crippen molar-refractivity contribution in [3.8, 4) is 0 Å². The first-order valence-electron chi connectivity index (χ1n) is 6.18. The Morgan fingerprint density at radius 3 is 2.95 bits per heavy atom. The summed E-state index contributed by atoms with van der Waals surface area (Å²) in [5.74, 6) is -0.206. The lowest BCUT2D eigenvalue weighted by Crippen LogP contribution is -2.33. The molecule has 2 aromatic rings. The molecule has 0 saturated heterocycles. The summed E-state index contributed by atoms with van der Waals surface area (Å²) in [6, 6.07) is 1.62. The molecule has 0 bridgehead atoms. The average molecular weight is 263 g/mol. The number of pyridine rings is 1. The van der Waals surface area contributed by atoms with Gasteiger partial charge < -0.3 is 14.9 Å². The van der Waals surface area contributed by atoms with Crippen LogP contribution in [0.4, 0.5) is 0 Å². The fourth-order valence-corrected chi connectivity index (χ4v) is 1.96. The molecule has 0 aromatic carbocycles. The zero-order valence-electron chi connectivity index (χ0n) is 11.2. The molecule has 0 aliphatic heterocycles. The molecule has 2 heterocycles. The van der Waals surface area contributed by atoms with Crippen molar-refractivity contribution < 1.29 is 14.4 Å².